The van der Waals surface area contributed by atoms with E-state index in [4.69, 9.17) is 4.74 Å². The van der Waals surface area contributed by atoms with Crippen molar-refractivity contribution in [3.63, 3.8) is 0 Å². The van der Waals surface area contributed by atoms with Crippen molar-refractivity contribution in [2.45, 2.75) is 131 Å². The van der Waals surface area contributed by atoms with E-state index in [0.29, 0.717) is 50.9 Å². The highest BCUT2D eigenvalue weighted by Crippen LogP contribution is 2.62. The lowest BCUT2D eigenvalue weighted by Gasteiger charge is -2.42. The molecule has 6 rings (SSSR count). The van der Waals surface area contributed by atoms with Crippen molar-refractivity contribution in [2.24, 2.45) is 17.3 Å². The van der Waals surface area contributed by atoms with Crippen molar-refractivity contribution in [3.8, 4) is 46.0 Å². The first-order valence-electron chi connectivity index (χ1n) is 20.6. The van der Waals surface area contributed by atoms with Crippen LogP contribution < -0.4 is 0 Å². The number of hydrogen-bond acceptors (Lipinski definition) is 9. The average Bonchev–Trinajstić information content (AvgIpc) is 3.71. The Bertz CT molecular complexity index is 2260. The van der Waals surface area contributed by atoms with Crippen LogP contribution >= 0.6 is 0 Å². The normalized spacial score (nSPS) is 20.9. The van der Waals surface area contributed by atoms with Gasteiger partial charge in [-0.3, -0.25) is 0 Å². The molecule has 8 N–H and O–H groups in total. The van der Waals surface area contributed by atoms with Crippen LogP contribution in [0.25, 0.3) is 0 Å². The fourth-order valence-corrected chi connectivity index (χ4v) is 9.76. The van der Waals surface area contributed by atoms with Gasteiger partial charge in [-0.15, -0.1) is 0 Å². The van der Waals surface area contributed by atoms with Crippen LogP contribution in [0.4, 0.5) is 0 Å². The topological polar surface area (TPSA) is 171 Å². The number of aryl methyl sites for hydroxylation is 1. The highest BCUT2D eigenvalue weighted by atomic mass is 16.5. The summed E-state index contributed by atoms with van der Waals surface area (Å²) in [5, 5.41) is 93.5. The molecule has 0 aromatic heterocycles. The predicted molar refractivity (Wildman–Crippen MR) is 227 cm³/mol. The molecular weight excluding hydrogens is 733 g/mol. The Morgan fingerprint density at radius 1 is 0.638 bits per heavy atom. The molecule has 0 saturated carbocycles. The van der Waals surface area contributed by atoms with Gasteiger partial charge in [0.05, 0.1) is 6.10 Å². The molecule has 5 unspecified atom stereocenters. The standard InChI is InChI=1S/C49H62O9/c1-11-28-35(13-3)49(19-18-39(28)58-49)40(31-22-27(21-30-38(51)16-14-25(4)41(30)52)43(54)34(45(31)56)24-47(5,6)7)32-23-36(48(8,9)10)46(57)33(44(32)55)20-26-15-17-37(50)29(12-2)42(26)53/h14-19,22-23,28,35,39-40,50-57H,11-13,20-21,24H2,1-10H3. The Kier molecular flexibility index (Phi) is 11.2. The molecular formula is C49H62O9. The minimum Gasteiger partial charge on any atom is -0.508 e. The summed E-state index contributed by atoms with van der Waals surface area (Å²) in [7, 11) is 0. The molecule has 4 aromatic rings. The minimum atomic E-state index is -1.09. The summed E-state index contributed by atoms with van der Waals surface area (Å²) in [4.78, 5) is 0. The Labute approximate surface area is 342 Å². The van der Waals surface area contributed by atoms with Crippen LogP contribution in [0.5, 0.6) is 46.0 Å². The van der Waals surface area contributed by atoms with E-state index in [1.54, 1.807) is 31.2 Å². The zero-order valence-electron chi connectivity index (χ0n) is 35.7. The number of ether oxygens (including phenoxy) is 1. The number of aromatic hydroxyl groups is 8. The Morgan fingerprint density at radius 2 is 1.22 bits per heavy atom. The zero-order valence-corrected chi connectivity index (χ0v) is 35.7. The largest absolute Gasteiger partial charge is 0.508 e. The van der Waals surface area contributed by atoms with Crippen molar-refractivity contribution < 1.29 is 45.6 Å². The first kappa shape index (κ1) is 42.6. The van der Waals surface area contributed by atoms with Crippen molar-refractivity contribution in [3.05, 3.63) is 104 Å². The van der Waals surface area contributed by atoms with Gasteiger partial charge in [-0.2, -0.15) is 0 Å². The molecule has 9 nitrogen and oxygen atoms in total. The second-order valence-corrected chi connectivity index (χ2v) is 18.8. The Morgan fingerprint density at radius 3 is 1.83 bits per heavy atom. The molecule has 1 saturated heterocycles. The summed E-state index contributed by atoms with van der Waals surface area (Å²) in [6, 6.07) is 9.71. The van der Waals surface area contributed by atoms with Crippen LogP contribution in [0.3, 0.4) is 0 Å². The maximum Gasteiger partial charge on any atom is 0.126 e. The molecule has 58 heavy (non-hydrogen) atoms. The summed E-state index contributed by atoms with van der Waals surface area (Å²) in [5.74, 6) is -1.89. The fraction of sp³-hybridized carbons (Fsp3) is 0.469. The predicted octanol–water partition coefficient (Wildman–Crippen LogP) is 10.2. The third-order valence-electron chi connectivity index (χ3n) is 12.7. The van der Waals surface area contributed by atoms with Crippen molar-refractivity contribution in [1.82, 2.24) is 0 Å². The lowest BCUT2D eigenvalue weighted by molar-refractivity contribution is -0.00248. The number of phenolic OH excluding ortho intramolecular Hbond substituents is 8. The molecule has 0 aliphatic carbocycles. The molecule has 4 aromatic carbocycles. The van der Waals surface area contributed by atoms with Gasteiger partial charge in [0.25, 0.3) is 0 Å². The van der Waals surface area contributed by atoms with Crippen molar-refractivity contribution >= 4 is 0 Å². The number of hydrogen-bond donors (Lipinski definition) is 8. The van der Waals surface area contributed by atoms with E-state index in [1.165, 1.54) is 12.1 Å². The van der Waals surface area contributed by atoms with Crippen LogP contribution in [-0.2, 0) is 35.8 Å². The second kappa shape index (κ2) is 15.3. The van der Waals surface area contributed by atoms with Gasteiger partial charge in [0.15, 0.2) is 0 Å². The van der Waals surface area contributed by atoms with Gasteiger partial charge in [-0.05, 0) is 89.8 Å². The molecule has 0 spiro atoms. The minimum absolute atomic E-state index is 0.0468. The maximum atomic E-state index is 12.7. The number of fused-ring (bicyclic) bond motifs is 2. The highest BCUT2D eigenvalue weighted by Gasteiger charge is 2.60. The fourth-order valence-electron chi connectivity index (χ4n) is 9.76. The molecule has 312 valence electrons. The van der Waals surface area contributed by atoms with E-state index in [0.717, 1.165) is 12.8 Å². The Hall–Kier alpha value is -5.02. The summed E-state index contributed by atoms with van der Waals surface area (Å²) in [6.07, 6.45) is 5.95. The Balaban J connectivity index is 1.73. The third kappa shape index (κ3) is 7.20. The van der Waals surface area contributed by atoms with Gasteiger partial charge in [-0.25, -0.2) is 0 Å². The zero-order chi connectivity index (χ0) is 42.8. The van der Waals surface area contributed by atoms with Crippen molar-refractivity contribution in [2.75, 3.05) is 0 Å². The maximum absolute atomic E-state index is 12.7. The van der Waals surface area contributed by atoms with E-state index in [2.05, 4.69) is 26.0 Å². The van der Waals surface area contributed by atoms with Gasteiger partial charge >= 0.3 is 0 Å². The monoisotopic (exact) mass is 794 g/mol. The molecule has 2 heterocycles. The molecule has 2 aliphatic heterocycles. The van der Waals surface area contributed by atoms with Crippen LogP contribution in [0.15, 0.2) is 48.6 Å². The average molecular weight is 795 g/mol. The smallest absolute Gasteiger partial charge is 0.126 e. The second-order valence-electron chi connectivity index (χ2n) is 18.8. The SMILES string of the molecule is CCc1c(O)ccc(Cc2c(O)c(C(c3cc(Cc4c(O)ccc(C)c4O)c(O)c(CC(C)(C)C)c3O)C34C=CC(O3)C(CC)C4CC)cc(C(C)(C)C)c2O)c1O. The van der Waals surface area contributed by atoms with E-state index >= 15 is 0 Å². The molecule has 0 radical (unpaired) electrons. The lowest BCUT2D eigenvalue weighted by Crippen LogP contribution is -2.42. The lowest BCUT2D eigenvalue weighted by atomic mass is 9.63. The summed E-state index contributed by atoms with van der Waals surface area (Å²) in [5.41, 5.74) is 1.54. The van der Waals surface area contributed by atoms with Crippen molar-refractivity contribution in [1.29, 1.82) is 0 Å². The van der Waals surface area contributed by atoms with Crippen LogP contribution in [0, 0.1) is 24.2 Å². The first-order valence-corrected chi connectivity index (χ1v) is 20.6. The van der Waals surface area contributed by atoms with Crippen LogP contribution in [-0.4, -0.2) is 52.6 Å². The van der Waals surface area contributed by atoms with Crippen LogP contribution in [0.2, 0.25) is 0 Å². The number of benzene rings is 4. The molecule has 9 heteroatoms. The van der Waals surface area contributed by atoms with E-state index in [9.17, 15) is 40.9 Å². The van der Waals surface area contributed by atoms with Gasteiger partial charge in [-0.1, -0.05) is 93.0 Å². The van der Waals surface area contributed by atoms with Crippen LogP contribution in [0.1, 0.15) is 137 Å². The highest BCUT2D eigenvalue weighted by molar-refractivity contribution is 5.66. The molecule has 0 amide bonds. The van der Waals surface area contributed by atoms with E-state index in [1.807, 2.05) is 48.5 Å². The first-order chi connectivity index (χ1) is 27.1. The summed E-state index contributed by atoms with van der Waals surface area (Å²) < 4.78 is 7.10. The van der Waals surface area contributed by atoms with Gasteiger partial charge in [0, 0.05) is 57.7 Å². The van der Waals surface area contributed by atoms with E-state index < -0.39 is 22.3 Å². The summed E-state index contributed by atoms with van der Waals surface area (Å²) >= 11 is 0. The number of phenols is 8. The third-order valence-corrected chi connectivity index (χ3v) is 12.7. The number of rotatable bonds is 11. The van der Waals surface area contributed by atoms with Gasteiger partial charge < -0.3 is 45.6 Å². The molecule has 5 atom stereocenters. The van der Waals surface area contributed by atoms with Gasteiger partial charge in [0.1, 0.15) is 51.6 Å². The van der Waals surface area contributed by atoms with E-state index in [-0.39, 0.29) is 94.3 Å². The van der Waals surface area contributed by atoms with Gasteiger partial charge in [0.2, 0.25) is 0 Å². The molecule has 2 aliphatic rings. The quantitative estimate of drug-likeness (QED) is 0.0688. The summed E-state index contributed by atoms with van der Waals surface area (Å²) in [6.45, 7) is 19.7. The molecule has 1 fully saturated rings. The molecule has 2 bridgehead atoms.